The fourth-order valence-corrected chi connectivity index (χ4v) is 6.04. The average molecular weight is 524 g/mol. The van der Waals surface area contributed by atoms with Gasteiger partial charge in [-0.05, 0) is 81.2 Å². The number of nitrogens with zero attached hydrogens (tertiary/aromatic N) is 5. The van der Waals surface area contributed by atoms with Gasteiger partial charge >= 0.3 is 0 Å². The molecule has 9 nitrogen and oxygen atoms in total. The second-order valence-electron chi connectivity index (χ2n) is 10.5. The molecule has 0 unspecified atom stereocenters. The van der Waals surface area contributed by atoms with Crippen LogP contribution in [0, 0.1) is 0 Å². The maximum absolute atomic E-state index is 5.97. The number of rotatable bonds is 6. The number of pyridine rings is 1. The zero-order valence-electron chi connectivity index (χ0n) is 22.2. The molecule has 0 amide bonds. The minimum Gasteiger partial charge on any atom is -0.491 e. The normalized spacial score (nSPS) is 17.2. The van der Waals surface area contributed by atoms with Gasteiger partial charge in [0, 0.05) is 42.5 Å². The SMILES string of the molecule is COc1cccnc1Oc1ccc2c(-c3nc4ccc(N5CCC(N6CCCCC6)CC5)cc4[nH]3)n[nH]c2c1. The number of hydrogen-bond donors (Lipinski definition) is 2. The van der Waals surface area contributed by atoms with Gasteiger partial charge in [-0.2, -0.15) is 5.10 Å². The summed E-state index contributed by atoms with van der Waals surface area (Å²) in [5, 5.41) is 8.67. The molecule has 0 bridgehead atoms. The molecule has 2 aliphatic heterocycles. The number of H-pyrrole nitrogens is 2. The third-order valence-electron chi connectivity index (χ3n) is 8.13. The Morgan fingerprint density at radius 2 is 1.79 bits per heavy atom. The van der Waals surface area contributed by atoms with Crippen LogP contribution in [-0.2, 0) is 0 Å². The van der Waals surface area contributed by atoms with Gasteiger partial charge in [-0.15, -0.1) is 0 Å². The number of benzene rings is 2. The van der Waals surface area contributed by atoms with Crippen molar-refractivity contribution in [2.45, 2.75) is 38.1 Å². The Labute approximate surface area is 227 Å². The molecule has 0 radical (unpaired) electrons. The number of anilines is 1. The smallest absolute Gasteiger partial charge is 0.262 e. The highest BCUT2D eigenvalue weighted by molar-refractivity contribution is 5.94. The fraction of sp³-hybridized carbons (Fsp3) is 0.367. The van der Waals surface area contributed by atoms with Crippen molar-refractivity contribution in [1.29, 1.82) is 0 Å². The van der Waals surface area contributed by atoms with Crippen LogP contribution in [-0.4, -0.2) is 69.4 Å². The number of aromatic nitrogens is 5. The van der Waals surface area contributed by atoms with Crippen molar-refractivity contribution in [3.05, 3.63) is 54.7 Å². The van der Waals surface area contributed by atoms with Crippen LogP contribution in [0.2, 0.25) is 0 Å². The average Bonchev–Trinajstić information content (AvgIpc) is 3.61. The molecule has 2 N–H and O–H groups in total. The van der Waals surface area contributed by atoms with Crippen molar-refractivity contribution in [1.82, 2.24) is 30.0 Å². The molecule has 2 aromatic carbocycles. The van der Waals surface area contributed by atoms with Crippen LogP contribution in [0.5, 0.6) is 17.4 Å². The largest absolute Gasteiger partial charge is 0.491 e. The standard InChI is InChI=1S/C30H33N7O2/c1-38-27-6-5-13-31-30(27)39-22-8-9-23-25(19-22)34-35-28(23)29-32-24-10-7-21(18-26(24)33-29)37-16-11-20(12-17-37)36-14-3-2-4-15-36/h5-10,13,18-20H,2-4,11-12,14-17H2,1H3,(H,32,33)(H,34,35). The van der Waals surface area contributed by atoms with E-state index in [1.807, 2.05) is 30.3 Å². The fourth-order valence-electron chi connectivity index (χ4n) is 6.04. The van der Waals surface area contributed by atoms with Crippen LogP contribution >= 0.6 is 0 Å². The monoisotopic (exact) mass is 523 g/mol. The first-order valence-electron chi connectivity index (χ1n) is 13.9. The second-order valence-corrected chi connectivity index (χ2v) is 10.5. The van der Waals surface area contributed by atoms with Crippen LogP contribution in [0.4, 0.5) is 5.69 Å². The second kappa shape index (κ2) is 10.2. The van der Waals surface area contributed by atoms with Crippen molar-refractivity contribution in [3.8, 4) is 28.9 Å². The number of piperidine rings is 2. The van der Waals surface area contributed by atoms with Crippen molar-refractivity contribution in [2.75, 3.05) is 38.2 Å². The number of nitrogens with one attached hydrogen (secondary N) is 2. The van der Waals surface area contributed by atoms with E-state index in [2.05, 4.69) is 48.2 Å². The molecule has 0 saturated carbocycles. The van der Waals surface area contributed by atoms with Gasteiger partial charge in [0.2, 0.25) is 0 Å². The molecule has 7 rings (SSSR count). The van der Waals surface area contributed by atoms with Crippen molar-refractivity contribution < 1.29 is 9.47 Å². The highest BCUT2D eigenvalue weighted by atomic mass is 16.5. The molecule has 39 heavy (non-hydrogen) atoms. The number of fused-ring (bicyclic) bond motifs is 2. The Morgan fingerprint density at radius 3 is 2.64 bits per heavy atom. The molecule has 0 spiro atoms. The quantitative estimate of drug-likeness (QED) is 0.292. The summed E-state index contributed by atoms with van der Waals surface area (Å²) in [6.45, 7) is 4.77. The molecule has 5 heterocycles. The lowest BCUT2D eigenvalue weighted by Gasteiger charge is -2.41. The van der Waals surface area contributed by atoms with E-state index < -0.39 is 0 Å². The molecule has 2 fully saturated rings. The molecule has 9 heteroatoms. The summed E-state index contributed by atoms with van der Waals surface area (Å²) in [6.07, 6.45) is 8.27. The molecular formula is C30H33N7O2. The van der Waals surface area contributed by atoms with Crippen molar-refractivity contribution in [2.24, 2.45) is 0 Å². The molecule has 0 aliphatic carbocycles. The number of aromatic amines is 2. The first-order chi connectivity index (χ1) is 19.2. The number of ether oxygens (including phenoxy) is 2. The maximum Gasteiger partial charge on any atom is 0.262 e. The van der Waals surface area contributed by atoms with E-state index in [9.17, 15) is 0 Å². The number of imidazole rings is 1. The lowest BCUT2D eigenvalue weighted by molar-refractivity contribution is 0.141. The van der Waals surface area contributed by atoms with Gasteiger partial charge in [0.15, 0.2) is 11.6 Å². The summed E-state index contributed by atoms with van der Waals surface area (Å²) < 4.78 is 11.3. The summed E-state index contributed by atoms with van der Waals surface area (Å²) in [4.78, 5) is 17.9. The minimum atomic E-state index is 0.419. The van der Waals surface area contributed by atoms with E-state index in [1.165, 1.54) is 50.9 Å². The van der Waals surface area contributed by atoms with Crippen LogP contribution in [0.3, 0.4) is 0 Å². The van der Waals surface area contributed by atoms with Gasteiger partial charge < -0.3 is 24.3 Å². The summed E-state index contributed by atoms with van der Waals surface area (Å²) in [6, 6.07) is 16.7. The van der Waals surface area contributed by atoms with Crippen molar-refractivity contribution in [3.63, 3.8) is 0 Å². The zero-order valence-corrected chi connectivity index (χ0v) is 22.2. The van der Waals surface area contributed by atoms with Crippen molar-refractivity contribution >= 4 is 27.6 Å². The first-order valence-corrected chi connectivity index (χ1v) is 13.9. The molecule has 2 aliphatic rings. The number of likely N-dealkylation sites (tertiary alicyclic amines) is 1. The van der Waals surface area contributed by atoms with Crippen LogP contribution in [0.1, 0.15) is 32.1 Å². The Hall–Kier alpha value is -4.11. The van der Waals surface area contributed by atoms with Gasteiger partial charge in [-0.25, -0.2) is 9.97 Å². The molecular weight excluding hydrogens is 490 g/mol. The molecule has 200 valence electrons. The Kier molecular flexibility index (Phi) is 6.28. The highest BCUT2D eigenvalue weighted by Gasteiger charge is 2.26. The Bertz CT molecular complexity index is 1600. The Morgan fingerprint density at radius 1 is 0.923 bits per heavy atom. The first kappa shape index (κ1) is 24.0. The van der Waals surface area contributed by atoms with E-state index in [0.29, 0.717) is 17.4 Å². The summed E-state index contributed by atoms with van der Waals surface area (Å²) in [5.41, 5.74) is 4.87. The van der Waals surface area contributed by atoms with Gasteiger partial charge in [-0.3, -0.25) is 5.10 Å². The van der Waals surface area contributed by atoms with Gasteiger partial charge in [0.1, 0.15) is 11.4 Å². The summed E-state index contributed by atoms with van der Waals surface area (Å²) in [7, 11) is 1.60. The third kappa shape index (κ3) is 4.67. The maximum atomic E-state index is 5.97. The van der Waals surface area contributed by atoms with E-state index in [4.69, 9.17) is 14.5 Å². The van der Waals surface area contributed by atoms with E-state index in [1.54, 1.807) is 13.3 Å². The lowest BCUT2D eigenvalue weighted by Crippen LogP contribution is -2.46. The predicted molar refractivity (Wildman–Crippen MR) is 153 cm³/mol. The summed E-state index contributed by atoms with van der Waals surface area (Å²) in [5.74, 6) is 2.39. The molecule has 3 aromatic heterocycles. The van der Waals surface area contributed by atoms with Gasteiger partial charge in [0.05, 0.1) is 23.7 Å². The van der Waals surface area contributed by atoms with E-state index in [0.717, 1.165) is 52.6 Å². The van der Waals surface area contributed by atoms with Gasteiger partial charge in [-0.1, -0.05) is 6.42 Å². The van der Waals surface area contributed by atoms with Crippen LogP contribution in [0.25, 0.3) is 33.5 Å². The molecule has 0 atom stereocenters. The summed E-state index contributed by atoms with van der Waals surface area (Å²) >= 11 is 0. The van der Waals surface area contributed by atoms with Crippen LogP contribution < -0.4 is 14.4 Å². The highest BCUT2D eigenvalue weighted by Crippen LogP contribution is 2.33. The molecule has 2 saturated heterocycles. The van der Waals surface area contributed by atoms with Crippen LogP contribution in [0.15, 0.2) is 54.7 Å². The number of methoxy groups -OCH3 is 1. The Balaban J connectivity index is 1.09. The topological polar surface area (TPSA) is 95.2 Å². The van der Waals surface area contributed by atoms with Gasteiger partial charge in [0.25, 0.3) is 5.88 Å². The molecule has 5 aromatic rings. The lowest BCUT2D eigenvalue weighted by atomic mass is 9.99. The predicted octanol–water partition coefficient (Wildman–Crippen LogP) is 5.76. The zero-order chi connectivity index (χ0) is 26.2. The minimum absolute atomic E-state index is 0.419. The number of hydrogen-bond acceptors (Lipinski definition) is 7. The van der Waals surface area contributed by atoms with E-state index >= 15 is 0 Å². The van der Waals surface area contributed by atoms with E-state index in [-0.39, 0.29) is 0 Å². The third-order valence-corrected chi connectivity index (χ3v) is 8.13.